The van der Waals surface area contributed by atoms with Crippen molar-refractivity contribution in [1.82, 2.24) is 0 Å². The molecular weight excluding hydrogens is 238 g/mol. The molecule has 1 atom stereocenters. The van der Waals surface area contributed by atoms with Gasteiger partial charge in [-0.25, -0.2) is 0 Å². The molecule has 0 aliphatic carbocycles. The Labute approximate surface area is 86.2 Å². The van der Waals surface area contributed by atoms with Crippen LogP contribution in [0, 0.1) is 0 Å². The van der Waals surface area contributed by atoms with Gasteiger partial charge in [0, 0.05) is 20.6 Å². The van der Waals surface area contributed by atoms with Crippen LogP contribution in [0.5, 0.6) is 0 Å². The second-order valence-electron chi connectivity index (χ2n) is 2.48. The van der Waals surface area contributed by atoms with E-state index < -0.39 is 16.5 Å². The number of amides is 1. The zero-order chi connectivity index (χ0) is 10.5. The zero-order valence-electron chi connectivity index (χ0n) is 7.75. The Balaban J connectivity index is 4.72. The van der Waals surface area contributed by atoms with Crippen molar-refractivity contribution in [3.8, 4) is 0 Å². The summed E-state index contributed by atoms with van der Waals surface area (Å²) in [6, 6.07) is 0. The first kappa shape index (κ1) is 12.6. The van der Waals surface area contributed by atoms with Crippen molar-refractivity contribution in [2.75, 3.05) is 14.2 Å². The Hall–Kier alpha value is -0.390. The van der Waals surface area contributed by atoms with Crippen LogP contribution in [0.1, 0.15) is 6.42 Å². The maximum atomic E-state index is 10.9. The maximum absolute atomic E-state index is 10.9. The molecule has 0 saturated heterocycles. The molecule has 13 heavy (non-hydrogen) atoms. The second kappa shape index (κ2) is 5.36. The molecule has 0 spiro atoms. The Kier molecular flexibility index (Phi) is 5.20. The lowest BCUT2D eigenvalue weighted by molar-refractivity contribution is -0.202. The van der Waals surface area contributed by atoms with Crippen molar-refractivity contribution in [3.63, 3.8) is 0 Å². The Morgan fingerprint density at radius 3 is 2.38 bits per heavy atom. The van der Waals surface area contributed by atoms with Gasteiger partial charge in [-0.3, -0.25) is 4.79 Å². The fourth-order valence-electron chi connectivity index (χ4n) is 0.978. The monoisotopic (exact) mass is 251 g/mol. The van der Waals surface area contributed by atoms with Gasteiger partial charge in [0.25, 0.3) is 0 Å². The summed E-state index contributed by atoms with van der Waals surface area (Å²) in [5.74, 6) is -1.60. The van der Waals surface area contributed by atoms with E-state index in [0.29, 0.717) is 6.42 Å². The van der Waals surface area contributed by atoms with E-state index in [0.717, 1.165) is 0 Å². The van der Waals surface area contributed by atoms with E-state index in [1.54, 1.807) is 6.08 Å². The van der Waals surface area contributed by atoms with Crippen LogP contribution >= 0.6 is 15.9 Å². The third-order valence-electron chi connectivity index (χ3n) is 1.76. The van der Waals surface area contributed by atoms with Gasteiger partial charge in [-0.15, -0.1) is 6.58 Å². The van der Waals surface area contributed by atoms with Crippen LogP contribution in [0.25, 0.3) is 0 Å². The lowest BCUT2D eigenvalue weighted by Crippen LogP contribution is -2.48. The average molecular weight is 252 g/mol. The molecule has 1 unspecified atom stereocenters. The van der Waals surface area contributed by atoms with Crippen molar-refractivity contribution < 1.29 is 14.3 Å². The summed E-state index contributed by atoms with van der Waals surface area (Å²) in [5.41, 5.74) is 5.12. The van der Waals surface area contributed by atoms with Crippen molar-refractivity contribution in [1.29, 1.82) is 0 Å². The van der Waals surface area contributed by atoms with Crippen LogP contribution < -0.4 is 5.73 Å². The molecule has 0 aliphatic rings. The second-order valence-corrected chi connectivity index (χ2v) is 3.39. The molecule has 76 valence electrons. The highest BCUT2D eigenvalue weighted by Crippen LogP contribution is 2.27. The largest absolute Gasteiger partial charge is 0.369 e. The number of carbonyl (C=O) groups is 1. The number of carbonyl (C=O) groups excluding carboxylic acids is 1. The standard InChI is InChI=1S/C8H14BrNO3/c1-4-5-8(12-2,13-3)6(9)7(10)11/h4,6H,1,5H2,2-3H3,(H2,10,11). The van der Waals surface area contributed by atoms with Gasteiger partial charge in [0.15, 0.2) is 5.79 Å². The highest BCUT2D eigenvalue weighted by Gasteiger charge is 2.40. The van der Waals surface area contributed by atoms with Gasteiger partial charge >= 0.3 is 0 Å². The van der Waals surface area contributed by atoms with Gasteiger partial charge in [0.05, 0.1) is 0 Å². The number of rotatable bonds is 6. The minimum atomic E-state index is -1.06. The van der Waals surface area contributed by atoms with Crippen LogP contribution in [0.4, 0.5) is 0 Å². The third-order valence-corrected chi connectivity index (χ3v) is 2.90. The number of ether oxygens (including phenoxy) is 2. The smallest absolute Gasteiger partial charge is 0.236 e. The Bertz CT molecular complexity index is 192. The first-order chi connectivity index (χ1) is 6.04. The quantitative estimate of drug-likeness (QED) is 0.432. The molecule has 0 heterocycles. The third kappa shape index (κ3) is 2.79. The fourth-order valence-corrected chi connectivity index (χ4v) is 1.54. The maximum Gasteiger partial charge on any atom is 0.236 e. The lowest BCUT2D eigenvalue weighted by atomic mass is 10.1. The number of halogens is 1. The minimum absolute atomic E-state index is 0.374. The summed E-state index contributed by atoms with van der Waals surface area (Å²) >= 11 is 3.11. The fraction of sp³-hybridized carbons (Fsp3) is 0.625. The summed E-state index contributed by atoms with van der Waals surface area (Å²) in [4.78, 5) is 10.2. The van der Waals surface area contributed by atoms with Crippen LogP contribution in [-0.2, 0) is 14.3 Å². The van der Waals surface area contributed by atoms with Crippen LogP contribution in [0.15, 0.2) is 12.7 Å². The van der Waals surface area contributed by atoms with E-state index in [1.165, 1.54) is 14.2 Å². The molecule has 0 fully saturated rings. The Morgan fingerprint density at radius 2 is 2.15 bits per heavy atom. The first-order valence-electron chi connectivity index (χ1n) is 3.68. The van der Waals surface area contributed by atoms with Gasteiger partial charge in [0.1, 0.15) is 4.83 Å². The Morgan fingerprint density at radius 1 is 1.69 bits per heavy atom. The minimum Gasteiger partial charge on any atom is -0.369 e. The number of hydrogen-bond donors (Lipinski definition) is 1. The van der Waals surface area contributed by atoms with Gasteiger partial charge in [-0.05, 0) is 0 Å². The number of hydrogen-bond acceptors (Lipinski definition) is 3. The molecular formula is C8H14BrNO3. The van der Waals surface area contributed by atoms with Crippen molar-refractivity contribution >= 4 is 21.8 Å². The lowest BCUT2D eigenvalue weighted by Gasteiger charge is -2.32. The zero-order valence-corrected chi connectivity index (χ0v) is 9.33. The van der Waals surface area contributed by atoms with E-state index in [9.17, 15) is 4.79 Å². The van der Waals surface area contributed by atoms with E-state index in [2.05, 4.69) is 22.5 Å². The van der Waals surface area contributed by atoms with Crippen molar-refractivity contribution in [2.45, 2.75) is 17.0 Å². The summed E-state index contributed by atoms with van der Waals surface area (Å²) in [6.07, 6.45) is 1.98. The number of primary amides is 1. The number of methoxy groups -OCH3 is 2. The number of alkyl halides is 1. The molecule has 0 aliphatic heterocycles. The highest BCUT2D eigenvalue weighted by atomic mass is 79.9. The average Bonchev–Trinajstić information content (AvgIpc) is 2.13. The highest BCUT2D eigenvalue weighted by molar-refractivity contribution is 9.10. The van der Waals surface area contributed by atoms with Gasteiger partial charge in [0.2, 0.25) is 5.91 Å². The van der Waals surface area contributed by atoms with E-state index >= 15 is 0 Å². The SMILES string of the molecule is C=CCC(OC)(OC)C(Br)C(N)=O. The molecule has 0 rings (SSSR count). The van der Waals surface area contributed by atoms with Crippen LogP contribution in [0.2, 0.25) is 0 Å². The topological polar surface area (TPSA) is 61.6 Å². The molecule has 0 aromatic carbocycles. The first-order valence-corrected chi connectivity index (χ1v) is 4.60. The summed E-state index contributed by atoms with van der Waals surface area (Å²) in [6.45, 7) is 3.55. The summed E-state index contributed by atoms with van der Waals surface area (Å²) < 4.78 is 10.2. The van der Waals surface area contributed by atoms with E-state index in [1.807, 2.05) is 0 Å². The van der Waals surface area contributed by atoms with Crippen molar-refractivity contribution in [2.24, 2.45) is 5.73 Å². The number of nitrogens with two attached hydrogens (primary N) is 1. The normalized spacial score (nSPS) is 13.8. The molecule has 2 N–H and O–H groups in total. The van der Waals surface area contributed by atoms with Crippen LogP contribution in [0.3, 0.4) is 0 Å². The summed E-state index contributed by atoms with van der Waals surface area (Å²) in [5, 5.41) is 0. The van der Waals surface area contributed by atoms with E-state index in [-0.39, 0.29) is 0 Å². The van der Waals surface area contributed by atoms with Crippen LogP contribution in [-0.4, -0.2) is 30.7 Å². The predicted molar refractivity (Wildman–Crippen MR) is 53.5 cm³/mol. The molecule has 0 bridgehead atoms. The van der Waals surface area contributed by atoms with E-state index in [4.69, 9.17) is 15.2 Å². The molecule has 1 amide bonds. The van der Waals surface area contributed by atoms with Gasteiger partial charge in [-0.1, -0.05) is 22.0 Å². The molecule has 0 aromatic heterocycles. The van der Waals surface area contributed by atoms with Crippen molar-refractivity contribution in [3.05, 3.63) is 12.7 Å². The molecule has 0 saturated carbocycles. The molecule has 0 aromatic rings. The predicted octanol–water partition coefficient (Wildman–Crippen LogP) is 0.800. The molecule has 5 heteroatoms. The van der Waals surface area contributed by atoms with Gasteiger partial charge in [-0.2, -0.15) is 0 Å². The van der Waals surface area contributed by atoms with Gasteiger partial charge < -0.3 is 15.2 Å². The molecule has 0 radical (unpaired) electrons. The molecule has 4 nitrogen and oxygen atoms in total. The summed E-state index contributed by atoms with van der Waals surface area (Å²) in [7, 11) is 2.90.